The summed E-state index contributed by atoms with van der Waals surface area (Å²) in [6.07, 6.45) is 2.55. The molecule has 2 amide bonds. The molecule has 0 aliphatic heterocycles. The lowest BCUT2D eigenvalue weighted by Gasteiger charge is -2.12. The van der Waals surface area contributed by atoms with Crippen molar-refractivity contribution in [3.63, 3.8) is 0 Å². The van der Waals surface area contributed by atoms with Gasteiger partial charge in [0.1, 0.15) is 35.5 Å². The first kappa shape index (κ1) is 31.6. The number of aromatic nitrogens is 2. The van der Waals surface area contributed by atoms with Crippen molar-refractivity contribution in [3.05, 3.63) is 92.9 Å². The number of methoxy groups -OCH3 is 1. The molecule has 0 fully saturated rings. The predicted molar refractivity (Wildman–Crippen MR) is 171 cm³/mol. The van der Waals surface area contributed by atoms with Gasteiger partial charge in [-0.3, -0.25) is 14.9 Å². The lowest BCUT2D eigenvalue weighted by atomic mass is 9.99. The third kappa shape index (κ3) is 9.62. The first-order valence-electron chi connectivity index (χ1n) is 13.6. The fraction of sp³-hybridized carbons (Fsp3) is 0.258. The lowest BCUT2D eigenvalue weighted by molar-refractivity contribution is -0.120. The van der Waals surface area contributed by atoms with Gasteiger partial charge >= 0.3 is 0 Å². The van der Waals surface area contributed by atoms with Crippen LogP contribution in [0, 0.1) is 0 Å². The van der Waals surface area contributed by atoms with E-state index in [-0.39, 0.29) is 23.4 Å². The van der Waals surface area contributed by atoms with Crippen LogP contribution < -0.4 is 25.0 Å². The maximum Gasteiger partial charge on any atom is 0.257 e. The molecule has 0 spiro atoms. The summed E-state index contributed by atoms with van der Waals surface area (Å²) in [6.45, 7) is 5.08. The number of rotatable bonds is 14. The molecule has 0 aliphatic rings. The lowest BCUT2D eigenvalue weighted by Crippen LogP contribution is -2.19. The number of ether oxygens (including phenoxy) is 3. The molecule has 43 heavy (non-hydrogen) atoms. The minimum atomic E-state index is -0.384. The second-order valence-electron chi connectivity index (χ2n) is 9.41. The van der Waals surface area contributed by atoms with Crippen molar-refractivity contribution in [2.75, 3.05) is 25.6 Å². The molecule has 0 aliphatic carbocycles. The molecule has 1 unspecified atom stereocenters. The quantitative estimate of drug-likeness (QED) is 0.0930. The van der Waals surface area contributed by atoms with Crippen molar-refractivity contribution in [3.8, 4) is 17.2 Å². The smallest absolute Gasteiger partial charge is 0.257 e. The third-order valence-electron chi connectivity index (χ3n) is 6.39. The summed E-state index contributed by atoms with van der Waals surface area (Å²) in [4.78, 5) is 24.9. The highest BCUT2D eigenvalue weighted by molar-refractivity contribution is 9.10. The van der Waals surface area contributed by atoms with Crippen LogP contribution in [0.1, 0.15) is 52.7 Å². The minimum absolute atomic E-state index is 0.0507. The molecule has 0 saturated heterocycles. The molecule has 0 bridgehead atoms. The molecular formula is C31H32BrN5O5S. The van der Waals surface area contributed by atoms with Crippen LogP contribution in [0.25, 0.3) is 0 Å². The Hall–Kier alpha value is -4.29. The summed E-state index contributed by atoms with van der Waals surface area (Å²) in [5.74, 6) is 1.83. The molecule has 1 atom stereocenters. The maximum absolute atomic E-state index is 12.4. The summed E-state index contributed by atoms with van der Waals surface area (Å²) in [6, 6.07) is 20.3. The Labute approximate surface area is 262 Å². The number of halogens is 1. The molecule has 3 aromatic carbocycles. The Bertz CT molecular complexity index is 1540. The van der Waals surface area contributed by atoms with Crippen molar-refractivity contribution < 1.29 is 23.8 Å². The summed E-state index contributed by atoms with van der Waals surface area (Å²) in [5.41, 5.74) is 4.90. The highest BCUT2D eigenvalue weighted by atomic mass is 79.9. The van der Waals surface area contributed by atoms with Crippen molar-refractivity contribution in [1.29, 1.82) is 0 Å². The van der Waals surface area contributed by atoms with Crippen LogP contribution in [-0.4, -0.2) is 48.5 Å². The number of carbonyl (C=O) groups excluding carboxylic acids is 2. The van der Waals surface area contributed by atoms with Crippen LogP contribution >= 0.6 is 27.3 Å². The molecule has 4 aromatic rings. The maximum atomic E-state index is 12.4. The van der Waals surface area contributed by atoms with Crippen molar-refractivity contribution in [2.24, 2.45) is 5.10 Å². The van der Waals surface area contributed by atoms with Gasteiger partial charge in [-0.05, 0) is 72.5 Å². The van der Waals surface area contributed by atoms with Crippen molar-refractivity contribution in [2.45, 2.75) is 32.6 Å². The number of carbonyl (C=O) groups is 2. The van der Waals surface area contributed by atoms with Crippen LogP contribution in [-0.2, 0) is 11.2 Å². The molecule has 10 nitrogen and oxygen atoms in total. The van der Waals surface area contributed by atoms with Gasteiger partial charge in [0.15, 0.2) is 0 Å². The molecule has 0 saturated carbocycles. The SMILES string of the molecule is CCC(C)c1ccc(OCCOc2ccc(Br)cc2C=NNC(=O)Cc2nnc(NC(=O)c3ccc(OC)cc3)s2)cc1. The van der Waals surface area contributed by atoms with Gasteiger partial charge in [-0.2, -0.15) is 5.10 Å². The molecule has 12 heteroatoms. The van der Waals surface area contributed by atoms with E-state index in [0.29, 0.717) is 46.8 Å². The van der Waals surface area contributed by atoms with Gasteiger partial charge < -0.3 is 14.2 Å². The average molecular weight is 667 g/mol. The third-order valence-corrected chi connectivity index (χ3v) is 7.72. The van der Waals surface area contributed by atoms with Gasteiger partial charge in [0.2, 0.25) is 11.0 Å². The number of nitrogens with zero attached hydrogens (tertiary/aromatic N) is 3. The van der Waals surface area contributed by atoms with E-state index in [1.54, 1.807) is 31.4 Å². The zero-order valence-corrected chi connectivity index (χ0v) is 26.4. The van der Waals surface area contributed by atoms with Gasteiger partial charge in [-0.15, -0.1) is 10.2 Å². The van der Waals surface area contributed by atoms with E-state index in [1.165, 1.54) is 11.8 Å². The summed E-state index contributed by atoms with van der Waals surface area (Å²) >= 11 is 4.57. The second kappa shape index (κ2) is 15.8. The van der Waals surface area contributed by atoms with Gasteiger partial charge in [0, 0.05) is 15.6 Å². The average Bonchev–Trinajstić information content (AvgIpc) is 3.46. The fourth-order valence-electron chi connectivity index (χ4n) is 3.83. The van der Waals surface area contributed by atoms with Crippen LogP contribution in [0.5, 0.6) is 17.2 Å². The van der Waals surface area contributed by atoms with Crippen LogP contribution in [0.4, 0.5) is 5.13 Å². The molecule has 224 valence electrons. The van der Waals surface area contributed by atoms with E-state index < -0.39 is 0 Å². The molecule has 4 rings (SSSR count). The number of hydrogen-bond acceptors (Lipinski definition) is 9. The summed E-state index contributed by atoms with van der Waals surface area (Å²) in [7, 11) is 1.55. The topological polar surface area (TPSA) is 124 Å². The molecule has 1 aromatic heterocycles. The standard InChI is InChI=1S/C31H32BrN5O5S/c1-4-20(2)21-5-12-26(13-6-21)41-15-16-42-27-14-9-24(32)17-23(27)19-33-35-28(38)18-29-36-37-31(43-29)34-30(39)22-7-10-25(40-3)11-8-22/h5-14,17,19-20H,4,15-16,18H2,1-3H3,(H,35,38)(H,34,37,39). The Morgan fingerprint density at radius 3 is 2.44 bits per heavy atom. The molecule has 0 radical (unpaired) electrons. The van der Waals surface area contributed by atoms with Gasteiger partial charge in [0.25, 0.3) is 5.91 Å². The Kier molecular flexibility index (Phi) is 11.6. The summed E-state index contributed by atoms with van der Waals surface area (Å²) in [5, 5.41) is 15.4. The highest BCUT2D eigenvalue weighted by Gasteiger charge is 2.13. The van der Waals surface area contributed by atoms with E-state index in [2.05, 4.69) is 68.0 Å². The van der Waals surface area contributed by atoms with Gasteiger partial charge in [0.05, 0.1) is 19.7 Å². The van der Waals surface area contributed by atoms with E-state index in [0.717, 1.165) is 28.0 Å². The second-order valence-corrected chi connectivity index (χ2v) is 11.4. The van der Waals surface area contributed by atoms with E-state index in [9.17, 15) is 9.59 Å². The highest BCUT2D eigenvalue weighted by Crippen LogP contribution is 2.23. The Morgan fingerprint density at radius 2 is 1.72 bits per heavy atom. The number of hydrogen-bond donors (Lipinski definition) is 2. The number of nitrogens with one attached hydrogen (secondary N) is 2. The summed E-state index contributed by atoms with van der Waals surface area (Å²) < 4.78 is 17.7. The number of hydrazone groups is 1. The molecule has 2 N–H and O–H groups in total. The van der Waals surface area contributed by atoms with E-state index in [4.69, 9.17) is 14.2 Å². The van der Waals surface area contributed by atoms with Crippen molar-refractivity contribution >= 4 is 50.4 Å². The Balaban J connectivity index is 1.24. The first-order valence-corrected chi connectivity index (χ1v) is 15.2. The monoisotopic (exact) mass is 665 g/mol. The Morgan fingerprint density at radius 1 is 1.00 bits per heavy atom. The predicted octanol–water partition coefficient (Wildman–Crippen LogP) is 6.23. The van der Waals surface area contributed by atoms with Crippen LogP contribution in [0.2, 0.25) is 0 Å². The minimum Gasteiger partial charge on any atom is -0.497 e. The zero-order chi connectivity index (χ0) is 30.6. The number of amides is 2. The van der Waals surface area contributed by atoms with Crippen LogP contribution in [0.3, 0.4) is 0 Å². The van der Waals surface area contributed by atoms with E-state index >= 15 is 0 Å². The number of anilines is 1. The van der Waals surface area contributed by atoms with Gasteiger partial charge in [-0.25, -0.2) is 5.43 Å². The fourth-order valence-corrected chi connectivity index (χ4v) is 4.94. The zero-order valence-electron chi connectivity index (χ0n) is 24.0. The van der Waals surface area contributed by atoms with Crippen LogP contribution in [0.15, 0.2) is 76.3 Å². The normalized spacial score (nSPS) is 11.6. The van der Waals surface area contributed by atoms with Crippen molar-refractivity contribution in [1.82, 2.24) is 15.6 Å². The molecular weight excluding hydrogens is 634 g/mol. The van der Waals surface area contributed by atoms with E-state index in [1.807, 2.05) is 30.3 Å². The van der Waals surface area contributed by atoms with Gasteiger partial charge in [-0.1, -0.05) is 53.2 Å². The number of benzene rings is 3. The molecule has 1 heterocycles. The first-order chi connectivity index (χ1) is 20.8. The largest absolute Gasteiger partial charge is 0.497 e.